The molecule has 1 N–H and O–H groups in total. The summed E-state index contributed by atoms with van der Waals surface area (Å²) in [5.74, 6) is -0.800. The van der Waals surface area contributed by atoms with E-state index in [9.17, 15) is 19.0 Å². The summed E-state index contributed by atoms with van der Waals surface area (Å²) in [6.45, 7) is 4.32. The fourth-order valence-electron chi connectivity index (χ4n) is 9.15. The van der Waals surface area contributed by atoms with Gasteiger partial charge in [-0.3, -0.25) is 18.6 Å². The second-order valence-electron chi connectivity index (χ2n) is 23.5. The fourth-order valence-corrected chi connectivity index (χ4v) is 9.89. The second kappa shape index (κ2) is 62.2. The Kier molecular flexibility index (Phi) is 59.7. The highest BCUT2D eigenvalue weighted by Crippen LogP contribution is 2.43. The number of phosphoric ester groups is 1. The molecule has 0 aromatic carbocycles. The first-order valence-corrected chi connectivity index (χ1v) is 35.1. The van der Waals surface area contributed by atoms with Crippen molar-refractivity contribution in [3.63, 3.8) is 0 Å². The molecular weight excluding hydrogens is 1040 g/mol. The quantitative estimate of drug-likeness (QED) is 0.0211. The highest BCUT2D eigenvalue weighted by Gasteiger charge is 2.27. The predicted molar refractivity (Wildman–Crippen MR) is 353 cm³/mol. The van der Waals surface area contributed by atoms with Gasteiger partial charge in [0.1, 0.15) is 19.8 Å². The lowest BCUT2D eigenvalue weighted by Gasteiger charge is -2.24. The van der Waals surface area contributed by atoms with Gasteiger partial charge in [0, 0.05) is 12.8 Å². The molecule has 0 amide bonds. The summed E-state index contributed by atoms with van der Waals surface area (Å²) < 4.78 is 34.7. The van der Waals surface area contributed by atoms with Crippen LogP contribution < -0.4 is 0 Å². The maximum Gasteiger partial charge on any atom is 0.472 e. The Morgan fingerprint density at radius 3 is 1.04 bits per heavy atom. The summed E-state index contributed by atoms with van der Waals surface area (Å²) >= 11 is 0. The standard InChI is InChI=1S/C72H126NO8P/c1-6-8-10-12-14-16-18-20-22-24-26-28-30-32-34-35-36-37-39-41-43-45-47-49-51-53-55-57-59-61-63-65-72(75)81-70(69-80-82(76,77)79-67-66-73(3,4)5)68-78-71(74)64-62-60-58-56-54-52-50-48-46-44-42-40-38-33-31-29-27-25-23-21-19-17-15-13-11-9-7-2/h8,10,14,16,19-22,25-28,31-34,36-37,70H,6-7,9,11-13,15,17-18,23-24,29-30,35,38-69H2,1-5H3/p+1/b10-8-,16-14-,21-19-,22-20-,27-25-,28-26-,33-31-,34-32-,37-36-. The van der Waals surface area contributed by atoms with Gasteiger partial charge in [-0.05, 0) is 103 Å². The molecule has 0 saturated heterocycles. The van der Waals surface area contributed by atoms with Crippen molar-refractivity contribution < 1.29 is 42.1 Å². The summed E-state index contributed by atoms with van der Waals surface area (Å²) in [5.41, 5.74) is 0. The molecule has 0 heterocycles. The van der Waals surface area contributed by atoms with E-state index in [-0.39, 0.29) is 32.0 Å². The number of rotatable bonds is 61. The van der Waals surface area contributed by atoms with Gasteiger partial charge in [0.2, 0.25) is 0 Å². The number of phosphoric acid groups is 1. The molecule has 2 unspecified atom stereocenters. The van der Waals surface area contributed by atoms with E-state index in [4.69, 9.17) is 18.5 Å². The van der Waals surface area contributed by atoms with Crippen molar-refractivity contribution in [1.29, 1.82) is 0 Å². The Labute approximate surface area is 506 Å². The van der Waals surface area contributed by atoms with Gasteiger partial charge in [-0.1, -0.05) is 277 Å². The third kappa shape index (κ3) is 65.8. The molecule has 0 fully saturated rings. The van der Waals surface area contributed by atoms with E-state index < -0.39 is 26.5 Å². The minimum atomic E-state index is -4.40. The maximum absolute atomic E-state index is 12.9. The topological polar surface area (TPSA) is 108 Å². The molecule has 0 aliphatic rings. The monoisotopic (exact) mass is 1160 g/mol. The molecule has 2 atom stereocenters. The van der Waals surface area contributed by atoms with Crippen LogP contribution in [0.5, 0.6) is 0 Å². The first-order chi connectivity index (χ1) is 40.0. The SMILES string of the molecule is CC/C=C\C/C=C\C/C=C\C/C=C\C/C=C\C/C=C\CCCCCCCCCCCCCCC(=O)OC(COC(=O)CCCCCCCCCCCCCC/C=C\C/C=C\C/C=C\CCCCCCC)COP(=O)(O)OCC[N+](C)(C)C. The average Bonchev–Trinajstić information content (AvgIpc) is 3.46. The molecule has 10 heteroatoms. The molecule has 472 valence electrons. The molecule has 0 bridgehead atoms. The van der Waals surface area contributed by atoms with Crippen molar-refractivity contribution in [1.82, 2.24) is 0 Å². The molecule has 0 aromatic heterocycles. The molecule has 0 spiro atoms. The zero-order chi connectivity index (χ0) is 59.8. The number of unbranched alkanes of at least 4 members (excludes halogenated alkanes) is 29. The average molecular weight is 1170 g/mol. The van der Waals surface area contributed by atoms with Crippen LogP contribution in [-0.2, 0) is 32.7 Å². The van der Waals surface area contributed by atoms with Crippen LogP contribution in [0.1, 0.15) is 284 Å². The molecule has 82 heavy (non-hydrogen) atoms. The van der Waals surface area contributed by atoms with Gasteiger partial charge in [-0.25, -0.2) is 4.57 Å². The molecule has 0 aliphatic heterocycles. The van der Waals surface area contributed by atoms with Gasteiger partial charge < -0.3 is 18.9 Å². The Morgan fingerprint density at radius 2 is 0.695 bits per heavy atom. The van der Waals surface area contributed by atoms with Crippen LogP contribution >= 0.6 is 7.82 Å². The van der Waals surface area contributed by atoms with Crippen molar-refractivity contribution in [2.45, 2.75) is 290 Å². The van der Waals surface area contributed by atoms with Crippen LogP contribution in [0, 0.1) is 0 Å². The van der Waals surface area contributed by atoms with Crippen molar-refractivity contribution in [2.24, 2.45) is 0 Å². The minimum absolute atomic E-state index is 0.0269. The second-order valence-corrected chi connectivity index (χ2v) is 24.9. The van der Waals surface area contributed by atoms with Gasteiger partial charge in [-0.2, -0.15) is 0 Å². The maximum atomic E-state index is 12.9. The smallest absolute Gasteiger partial charge is 0.462 e. The molecular formula is C72H127NO8P+. The molecule has 0 aromatic rings. The van der Waals surface area contributed by atoms with Crippen LogP contribution in [0.15, 0.2) is 109 Å². The number of likely N-dealkylation sites (N-methyl/N-ethyl adjacent to an activating group) is 1. The highest BCUT2D eigenvalue weighted by molar-refractivity contribution is 7.47. The van der Waals surface area contributed by atoms with Crippen LogP contribution in [0.25, 0.3) is 0 Å². The van der Waals surface area contributed by atoms with Crippen molar-refractivity contribution in [3.05, 3.63) is 109 Å². The van der Waals surface area contributed by atoms with E-state index in [1.807, 2.05) is 21.1 Å². The third-order valence-electron chi connectivity index (χ3n) is 14.3. The van der Waals surface area contributed by atoms with Crippen molar-refractivity contribution in [3.8, 4) is 0 Å². The third-order valence-corrected chi connectivity index (χ3v) is 15.3. The minimum Gasteiger partial charge on any atom is -0.462 e. The molecule has 0 rings (SSSR count). The zero-order valence-electron chi connectivity index (χ0n) is 53.7. The lowest BCUT2D eigenvalue weighted by molar-refractivity contribution is -0.870. The van der Waals surface area contributed by atoms with Crippen molar-refractivity contribution in [2.75, 3.05) is 47.5 Å². The van der Waals surface area contributed by atoms with Gasteiger partial charge in [0.05, 0.1) is 27.7 Å². The van der Waals surface area contributed by atoms with E-state index in [1.54, 1.807) is 0 Å². The zero-order valence-corrected chi connectivity index (χ0v) is 54.6. The van der Waals surface area contributed by atoms with Gasteiger partial charge in [-0.15, -0.1) is 0 Å². The van der Waals surface area contributed by atoms with E-state index in [0.717, 1.165) is 89.9 Å². The van der Waals surface area contributed by atoms with E-state index >= 15 is 0 Å². The predicted octanol–water partition coefficient (Wildman–Crippen LogP) is 21.7. The number of hydrogen-bond donors (Lipinski definition) is 1. The summed E-state index contributed by atoms with van der Waals surface area (Å²) in [4.78, 5) is 35.9. The number of allylic oxidation sites excluding steroid dienone is 18. The lowest BCUT2D eigenvalue weighted by Crippen LogP contribution is -2.37. The number of nitrogens with zero attached hydrogens (tertiary/aromatic N) is 1. The largest absolute Gasteiger partial charge is 0.472 e. The number of ether oxygens (including phenoxy) is 2. The first kappa shape index (κ1) is 78.7. The van der Waals surface area contributed by atoms with Crippen LogP contribution in [0.3, 0.4) is 0 Å². The lowest BCUT2D eigenvalue weighted by atomic mass is 10.0. The first-order valence-electron chi connectivity index (χ1n) is 33.6. The Bertz CT molecular complexity index is 1750. The highest BCUT2D eigenvalue weighted by atomic mass is 31.2. The van der Waals surface area contributed by atoms with E-state index in [0.29, 0.717) is 17.4 Å². The van der Waals surface area contributed by atoms with Crippen LogP contribution in [0.4, 0.5) is 0 Å². The summed E-state index contributed by atoms with van der Waals surface area (Å²) in [6, 6.07) is 0. The van der Waals surface area contributed by atoms with E-state index in [1.165, 1.54) is 161 Å². The summed E-state index contributed by atoms with van der Waals surface area (Å²) in [7, 11) is 1.47. The molecule has 0 aliphatic carbocycles. The van der Waals surface area contributed by atoms with Gasteiger partial charge >= 0.3 is 19.8 Å². The fraction of sp³-hybridized carbons (Fsp3) is 0.722. The molecule has 9 nitrogen and oxygen atoms in total. The Morgan fingerprint density at radius 1 is 0.390 bits per heavy atom. The number of quaternary nitrogens is 1. The molecule has 0 saturated carbocycles. The Hall–Kier alpha value is -3.33. The van der Waals surface area contributed by atoms with Gasteiger partial charge in [0.15, 0.2) is 6.10 Å². The van der Waals surface area contributed by atoms with Crippen LogP contribution in [-0.4, -0.2) is 74.9 Å². The number of esters is 2. The number of carbonyl (C=O) groups excluding carboxylic acids is 2. The normalized spacial score (nSPS) is 13.9. The molecule has 0 radical (unpaired) electrons. The number of carbonyl (C=O) groups is 2. The summed E-state index contributed by atoms with van der Waals surface area (Å²) in [6.07, 6.45) is 87.4. The number of hydrogen-bond acceptors (Lipinski definition) is 7. The summed E-state index contributed by atoms with van der Waals surface area (Å²) in [5, 5.41) is 0. The van der Waals surface area contributed by atoms with Crippen LogP contribution in [0.2, 0.25) is 0 Å². The Balaban J connectivity index is 4.11. The van der Waals surface area contributed by atoms with E-state index in [2.05, 4.69) is 123 Å². The van der Waals surface area contributed by atoms with Gasteiger partial charge in [0.25, 0.3) is 0 Å². The van der Waals surface area contributed by atoms with Crippen molar-refractivity contribution >= 4 is 19.8 Å².